The van der Waals surface area contributed by atoms with Crippen LogP contribution in [0.2, 0.25) is 0 Å². The molecule has 120 valence electrons. The van der Waals surface area contributed by atoms with Crippen LogP contribution in [-0.2, 0) is 19.6 Å². The van der Waals surface area contributed by atoms with Gasteiger partial charge in [-0.25, -0.2) is 0 Å². The molecule has 0 amide bonds. The molecule has 1 rings (SSSR count). The van der Waals surface area contributed by atoms with Gasteiger partial charge in [0.2, 0.25) is 0 Å². The van der Waals surface area contributed by atoms with Crippen molar-refractivity contribution in [1.82, 2.24) is 0 Å². The molecular formula is C9H18O10S. The zero-order chi connectivity index (χ0) is 15.5. The van der Waals surface area contributed by atoms with E-state index in [0.717, 1.165) is 0 Å². The second kappa shape index (κ2) is 7.06. The van der Waals surface area contributed by atoms with Gasteiger partial charge in [0, 0.05) is 0 Å². The normalized spacial score (nSPS) is 36.8. The number of hydrogen-bond donors (Lipinski definition) is 6. The van der Waals surface area contributed by atoms with E-state index >= 15 is 0 Å². The molecule has 1 fully saturated rings. The van der Waals surface area contributed by atoms with E-state index in [1.54, 1.807) is 0 Å². The topological polar surface area (TPSA) is 174 Å². The summed E-state index contributed by atoms with van der Waals surface area (Å²) in [5.41, 5.74) is 0. The molecule has 10 nitrogen and oxygen atoms in total. The van der Waals surface area contributed by atoms with Gasteiger partial charge in [0.05, 0.1) is 13.2 Å². The largest absolute Gasteiger partial charge is 0.394 e. The molecule has 0 aliphatic carbocycles. The highest BCUT2D eigenvalue weighted by Gasteiger charge is 2.45. The third-order valence-electron chi connectivity index (χ3n) is 2.71. The lowest BCUT2D eigenvalue weighted by molar-refractivity contribution is -0.296. The van der Waals surface area contributed by atoms with Crippen molar-refractivity contribution in [3.8, 4) is 0 Å². The maximum absolute atomic E-state index is 10.8. The fourth-order valence-electron chi connectivity index (χ4n) is 1.66. The third kappa shape index (κ3) is 4.87. The number of rotatable bonds is 6. The molecule has 0 spiro atoms. The Bertz CT molecular complexity index is 398. The van der Waals surface area contributed by atoms with Crippen molar-refractivity contribution in [3.05, 3.63) is 0 Å². The van der Waals surface area contributed by atoms with Crippen molar-refractivity contribution < 1.29 is 48.0 Å². The molecule has 0 radical (unpaired) electrons. The molecule has 1 saturated heterocycles. The van der Waals surface area contributed by atoms with Crippen LogP contribution in [0.1, 0.15) is 0 Å². The highest BCUT2D eigenvalue weighted by atomic mass is 32.2. The molecule has 11 heteroatoms. The summed E-state index contributed by atoms with van der Waals surface area (Å²) < 4.78 is 40.0. The maximum Gasteiger partial charge on any atom is 0.267 e. The lowest BCUT2D eigenvalue weighted by Crippen LogP contribution is -2.60. The minimum atomic E-state index is -4.48. The molecule has 6 atom stereocenters. The summed E-state index contributed by atoms with van der Waals surface area (Å²) in [5.74, 6) is -1.000. The van der Waals surface area contributed by atoms with Gasteiger partial charge in [-0.2, -0.15) is 8.42 Å². The monoisotopic (exact) mass is 318 g/mol. The van der Waals surface area contributed by atoms with E-state index in [9.17, 15) is 23.7 Å². The first-order valence-corrected chi connectivity index (χ1v) is 7.32. The minimum absolute atomic E-state index is 0.445. The van der Waals surface area contributed by atoms with E-state index in [1.165, 1.54) is 0 Å². The van der Waals surface area contributed by atoms with Crippen LogP contribution in [0.3, 0.4) is 0 Å². The minimum Gasteiger partial charge on any atom is -0.394 e. The number of aliphatic hydroxyl groups excluding tert-OH is 5. The van der Waals surface area contributed by atoms with Crippen molar-refractivity contribution in [2.24, 2.45) is 0 Å². The molecule has 20 heavy (non-hydrogen) atoms. The van der Waals surface area contributed by atoms with E-state index in [0.29, 0.717) is 0 Å². The number of ether oxygens (including phenoxy) is 2. The summed E-state index contributed by atoms with van der Waals surface area (Å²) in [6.45, 7) is -1.05. The summed E-state index contributed by atoms with van der Waals surface area (Å²) in [7, 11) is -4.48. The first kappa shape index (κ1) is 17.7. The van der Waals surface area contributed by atoms with E-state index in [2.05, 4.69) is 0 Å². The zero-order valence-electron chi connectivity index (χ0n) is 10.3. The quantitative estimate of drug-likeness (QED) is 0.265. The van der Waals surface area contributed by atoms with Gasteiger partial charge < -0.3 is 35.0 Å². The molecule has 0 aromatic rings. The Morgan fingerprint density at radius 3 is 2.25 bits per heavy atom. The first-order chi connectivity index (χ1) is 9.15. The second-order valence-electron chi connectivity index (χ2n) is 4.43. The smallest absolute Gasteiger partial charge is 0.267 e. The summed E-state index contributed by atoms with van der Waals surface area (Å²) in [5, 5.41) is 46.4. The predicted molar refractivity (Wildman–Crippen MR) is 62.1 cm³/mol. The van der Waals surface area contributed by atoms with Crippen LogP contribution in [0.4, 0.5) is 0 Å². The van der Waals surface area contributed by atoms with Gasteiger partial charge in [0.25, 0.3) is 10.1 Å². The molecule has 1 aliphatic heterocycles. The summed E-state index contributed by atoms with van der Waals surface area (Å²) >= 11 is 0. The van der Waals surface area contributed by atoms with Crippen LogP contribution in [0.5, 0.6) is 0 Å². The number of hydrogen-bond acceptors (Lipinski definition) is 9. The van der Waals surface area contributed by atoms with E-state index in [4.69, 9.17) is 24.2 Å². The SMILES string of the molecule is O=S(=O)(O)C[C@H]1OC(OCC(O)CO)[C@H](O)[C@@H](O)[C@@H]1O. The van der Waals surface area contributed by atoms with E-state index in [1.807, 2.05) is 0 Å². The van der Waals surface area contributed by atoms with Gasteiger partial charge in [-0.05, 0) is 0 Å². The van der Waals surface area contributed by atoms with Crippen molar-refractivity contribution in [2.45, 2.75) is 36.8 Å². The Labute approximate surface area is 114 Å². The molecule has 1 aliphatic rings. The van der Waals surface area contributed by atoms with Gasteiger partial charge in [0.15, 0.2) is 6.29 Å². The average Bonchev–Trinajstić information content (AvgIpc) is 2.36. The molecule has 1 heterocycles. The van der Waals surface area contributed by atoms with Crippen molar-refractivity contribution in [2.75, 3.05) is 19.0 Å². The standard InChI is InChI=1S/C9H18O10S/c10-1-4(11)2-18-9-8(14)7(13)6(12)5(19-9)3-20(15,16)17/h4-14H,1-3H2,(H,15,16,17)/t4?,5-,6-,7+,8-,9?/m1/s1. The third-order valence-corrected chi connectivity index (χ3v) is 3.46. The fraction of sp³-hybridized carbons (Fsp3) is 1.00. The maximum atomic E-state index is 10.8. The molecular weight excluding hydrogens is 300 g/mol. The average molecular weight is 318 g/mol. The predicted octanol–water partition coefficient (Wildman–Crippen LogP) is -3.95. The van der Waals surface area contributed by atoms with Gasteiger partial charge in [-0.15, -0.1) is 0 Å². The van der Waals surface area contributed by atoms with Crippen LogP contribution < -0.4 is 0 Å². The van der Waals surface area contributed by atoms with Gasteiger partial charge in [-0.3, -0.25) is 4.55 Å². The van der Waals surface area contributed by atoms with Crippen LogP contribution in [0, 0.1) is 0 Å². The summed E-state index contributed by atoms with van der Waals surface area (Å²) in [6.07, 6.45) is -9.48. The molecule has 2 unspecified atom stereocenters. The van der Waals surface area contributed by atoms with E-state index < -0.39 is 65.9 Å². The Kier molecular flexibility index (Phi) is 6.25. The molecule has 6 N–H and O–H groups in total. The van der Waals surface area contributed by atoms with Crippen LogP contribution in [-0.4, -0.2) is 94.3 Å². The van der Waals surface area contributed by atoms with E-state index in [-0.39, 0.29) is 0 Å². The Morgan fingerprint density at radius 1 is 1.15 bits per heavy atom. The Morgan fingerprint density at radius 2 is 1.75 bits per heavy atom. The van der Waals surface area contributed by atoms with Crippen molar-refractivity contribution >= 4 is 10.1 Å². The van der Waals surface area contributed by atoms with Gasteiger partial charge in [0.1, 0.15) is 36.3 Å². The number of aliphatic hydroxyl groups is 5. The van der Waals surface area contributed by atoms with Crippen LogP contribution in [0.25, 0.3) is 0 Å². The highest BCUT2D eigenvalue weighted by Crippen LogP contribution is 2.23. The Hall–Kier alpha value is -0.370. The highest BCUT2D eigenvalue weighted by molar-refractivity contribution is 7.85. The van der Waals surface area contributed by atoms with Crippen LogP contribution in [0.15, 0.2) is 0 Å². The first-order valence-electron chi connectivity index (χ1n) is 5.71. The fourth-order valence-corrected chi connectivity index (χ4v) is 2.35. The zero-order valence-corrected chi connectivity index (χ0v) is 11.1. The molecule has 0 aromatic heterocycles. The van der Waals surface area contributed by atoms with Gasteiger partial charge >= 0.3 is 0 Å². The van der Waals surface area contributed by atoms with Crippen molar-refractivity contribution in [1.29, 1.82) is 0 Å². The lowest BCUT2D eigenvalue weighted by Gasteiger charge is -2.40. The second-order valence-corrected chi connectivity index (χ2v) is 5.93. The lowest BCUT2D eigenvalue weighted by atomic mass is 10.00. The van der Waals surface area contributed by atoms with Gasteiger partial charge in [-0.1, -0.05) is 0 Å². The van der Waals surface area contributed by atoms with Crippen LogP contribution >= 0.6 is 0 Å². The molecule has 0 saturated carbocycles. The summed E-state index contributed by atoms with van der Waals surface area (Å²) in [6, 6.07) is 0. The van der Waals surface area contributed by atoms with Crippen molar-refractivity contribution in [3.63, 3.8) is 0 Å². The molecule has 0 aromatic carbocycles. The Balaban J connectivity index is 2.70. The molecule has 0 bridgehead atoms. The summed E-state index contributed by atoms with van der Waals surface area (Å²) in [4.78, 5) is 0.